The van der Waals surface area contributed by atoms with Gasteiger partial charge in [-0.2, -0.15) is 0 Å². The first-order chi connectivity index (χ1) is 17.0. The Hall–Kier alpha value is -4.20. The molecule has 0 aliphatic carbocycles. The molecule has 0 spiro atoms. The summed E-state index contributed by atoms with van der Waals surface area (Å²) in [5.74, 6) is 2.12. The molecule has 1 heterocycles. The predicted octanol–water partition coefficient (Wildman–Crippen LogP) is 4.22. The van der Waals surface area contributed by atoms with Crippen LogP contribution in [0.25, 0.3) is 0 Å². The fourth-order valence-electron chi connectivity index (χ4n) is 3.56. The molecule has 1 aliphatic rings. The summed E-state index contributed by atoms with van der Waals surface area (Å²) >= 11 is 0. The van der Waals surface area contributed by atoms with Gasteiger partial charge in [-0.05, 0) is 68.4 Å². The number of ether oxygens (including phenoxy) is 4. The Bertz CT molecular complexity index is 1160. The average molecular weight is 477 g/mol. The van der Waals surface area contributed by atoms with Gasteiger partial charge in [-0.25, -0.2) is 0 Å². The van der Waals surface area contributed by atoms with Crippen molar-refractivity contribution < 1.29 is 28.5 Å². The number of aryl methyl sites for hydroxylation is 1. The molecule has 0 fully saturated rings. The molecular weight excluding hydrogens is 448 g/mol. The first-order valence-electron chi connectivity index (χ1n) is 11.4. The van der Waals surface area contributed by atoms with E-state index in [0.29, 0.717) is 42.6 Å². The zero-order valence-corrected chi connectivity index (χ0v) is 19.8. The van der Waals surface area contributed by atoms with Gasteiger partial charge in [0.2, 0.25) is 0 Å². The number of hydrogen-bond donors (Lipinski definition) is 1. The summed E-state index contributed by atoms with van der Waals surface area (Å²) in [5, 5.41) is 2.80. The van der Waals surface area contributed by atoms with Gasteiger partial charge in [0.1, 0.15) is 29.6 Å². The second kappa shape index (κ2) is 11.3. The van der Waals surface area contributed by atoms with E-state index in [1.54, 1.807) is 47.4 Å². The second-order valence-corrected chi connectivity index (χ2v) is 7.92. The molecular formula is C27H28N2O6. The summed E-state index contributed by atoms with van der Waals surface area (Å²) in [6.07, 6.45) is 0. The van der Waals surface area contributed by atoms with E-state index < -0.39 is 0 Å². The van der Waals surface area contributed by atoms with E-state index in [4.69, 9.17) is 18.9 Å². The van der Waals surface area contributed by atoms with Crippen LogP contribution in [-0.4, -0.2) is 44.8 Å². The second-order valence-electron chi connectivity index (χ2n) is 7.92. The zero-order valence-electron chi connectivity index (χ0n) is 19.8. The van der Waals surface area contributed by atoms with E-state index in [9.17, 15) is 9.59 Å². The Morgan fingerprint density at radius 2 is 1.60 bits per heavy atom. The lowest BCUT2D eigenvalue weighted by Crippen LogP contribution is -2.41. The maximum Gasteiger partial charge on any atom is 0.265 e. The van der Waals surface area contributed by atoms with Crippen LogP contribution in [0.5, 0.6) is 23.0 Å². The van der Waals surface area contributed by atoms with Crippen molar-refractivity contribution >= 4 is 23.2 Å². The number of anilines is 2. The molecule has 4 rings (SSSR count). The Morgan fingerprint density at radius 3 is 2.31 bits per heavy atom. The molecule has 1 N–H and O–H groups in total. The molecule has 2 amide bonds. The van der Waals surface area contributed by atoms with Crippen molar-refractivity contribution in [2.45, 2.75) is 13.8 Å². The lowest BCUT2D eigenvalue weighted by Gasteiger charge is -2.29. The number of carbonyl (C=O) groups is 2. The van der Waals surface area contributed by atoms with Gasteiger partial charge in [-0.1, -0.05) is 17.7 Å². The first-order valence-corrected chi connectivity index (χ1v) is 11.4. The molecule has 182 valence electrons. The van der Waals surface area contributed by atoms with Gasteiger partial charge < -0.3 is 29.2 Å². The van der Waals surface area contributed by atoms with Crippen LogP contribution in [0.1, 0.15) is 12.5 Å². The third-order valence-electron chi connectivity index (χ3n) is 5.29. The van der Waals surface area contributed by atoms with Crippen molar-refractivity contribution in [2.24, 2.45) is 0 Å². The van der Waals surface area contributed by atoms with Gasteiger partial charge >= 0.3 is 0 Å². The number of benzene rings is 3. The Kier molecular flexibility index (Phi) is 7.72. The van der Waals surface area contributed by atoms with E-state index in [-0.39, 0.29) is 25.0 Å². The predicted molar refractivity (Wildman–Crippen MR) is 133 cm³/mol. The van der Waals surface area contributed by atoms with E-state index in [2.05, 4.69) is 5.32 Å². The lowest BCUT2D eigenvalue weighted by molar-refractivity contribution is -0.121. The van der Waals surface area contributed by atoms with Crippen LogP contribution in [-0.2, 0) is 9.59 Å². The van der Waals surface area contributed by atoms with Gasteiger partial charge in [-0.3, -0.25) is 9.59 Å². The highest BCUT2D eigenvalue weighted by Crippen LogP contribution is 2.34. The topological polar surface area (TPSA) is 86.3 Å². The molecule has 0 unspecified atom stereocenters. The van der Waals surface area contributed by atoms with E-state index >= 15 is 0 Å². The highest BCUT2D eigenvalue weighted by molar-refractivity contribution is 5.99. The van der Waals surface area contributed by atoms with Gasteiger partial charge in [0.05, 0.1) is 18.8 Å². The molecule has 3 aromatic carbocycles. The van der Waals surface area contributed by atoms with Crippen molar-refractivity contribution in [2.75, 3.05) is 43.2 Å². The molecule has 0 saturated heterocycles. The summed E-state index contributed by atoms with van der Waals surface area (Å²) in [4.78, 5) is 26.6. The summed E-state index contributed by atoms with van der Waals surface area (Å²) in [6, 6.07) is 20.0. The van der Waals surface area contributed by atoms with Crippen molar-refractivity contribution in [3.05, 3.63) is 72.3 Å². The molecule has 1 aliphatic heterocycles. The lowest BCUT2D eigenvalue weighted by atomic mass is 10.2. The van der Waals surface area contributed by atoms with Crippen molar-refractivity contribution in [3.8, 4) is 23.0 Å². The Morgan fingerprint density at radius 1 is 0.943 bits per heavy atom. The van der Waals surface area contributed by atoms with Gasteiger partial charge in [0.15, 0.2) is 13.2 Å². The Labute approximate surface area is 204 Å². The van der Waals surface area contributed by atoms with Gasteiger partial charge in [0.25, 0.3) is 11.8 Å². The minimum Gasteiger partial charge on any atom is -0.494 e. The molecule has 8 nitrogen and oxygen atoms in total. The van der Waals surface area contributed by atoms with Crippen LogP contribution >= 0.6 is 0 Å². The maximum atomic E-state index is 12.5. The highest BCUT2D eigenvalue weighted by atomic mass is 16.5. The summed E-state index contributed by atoms with van der Waals surface area (Å²) in [7, 11) is 0. The normalized spacial score (nSPS) is 12.4. The van der Waals surface area contributed by atoms with Crippen LogP contribution in [0.2, 0.25) is 0 Å². The third kappa shape index (κ3) is 6.44. The molecule has 0 saturated carbocycles. The molecule has 3 aromatic rings. The number of amides is 2. The maximum absolute atomic E-state index is 12.5. The summed E-state index contributed by atoms with van der Waals surface area (Å²) in [5.41, 5.74) is 2.26. The largest absolute Gasteiger partial charge is 0.494 e. The van der Waals surface area contributed by atoms with Crippen LogP contribution in [0.4, 0.5) is 11.4 Å². The molecule has 0 radical (unpaired) electrons. The number of fused-ring (bicyclic) bond motifs is 1. The van der Waals surface area contributed by atoms with E-state index in [1.165, 1.54) is 0 Å². The molecule has 0 atom stereocenters. The monoisotopic (exact) mass is 476 g/mol. The fourth-order valence-corrected chi connectivity index (χ4v) is 3.56. The van der Waals surface area contributed by atoms with Crippen molar-refractivity contribution in [1.29, 1.82) is 0 Å². The zero-order chi connectivity index (χ0) is 24.6. The Balaban J connectivity index is 1.35. The standard InChI is InChI=1S/C27H28N2O6/c1-3-32-21-9-11-23(12-10-21)34-17-26(30)28-20-6-13-25-24(16-20)29(27(31)18-35-25)14-15-33-22-7-4-19(2)5-8-22/h4-13,16H,3,14-15,17-18H2,1-2H3,(H,28,30). The number of nitrogens with zero attached hydrogens (tertiary/aromatic N) is 1. The van der Waals surface area contributed by atoms with E-state index in [0.717, 1.165) is 17.1 Å². The summed E-state index contributed by atoms with van der Waals surface area (Å²) < 4.78 is 22.3. The van der Waals surface area contributed by atoms with Crippen molar-refractivity contribution in [1.82, 2.24) is 0 Å². The molecule has 8 heteroatoms. The average Bonchev–Trinajstić information content (AvgIpc) is 2.86. The minimum absolute atomic E-state index is 0.0425. The number of hydrogen-bond acceptors (Lipinski definition) is 6. The molecule has 35 heavy (non-hydrogen) atoms. The fraction of sp³-hybridized carbons (Fsp3) is 0.259. The van der Waals surface area contributed by atoms with Crippen LogP contribution < -0.4 is 29.2 Å². The van der Waals surface area contributed by atoms with Gasteiger partial charge in [0, 0.05) is 5.69 Å². The van der Waals surface area contributed by atoms with Crippen molar-refractivity contribution in [3.63, 3.8) is 0 Å². The number of rotatable bonds is 10. The minimum atomic E-state index is -0.323. The molecule has 0 aromatic heterocycles. The van der Waals surface area contributed by atoms with Gasteiger partial charge in [-0.15, -0.1) is 0 Å². The third-order valence-corrected chi connectivity index (χ3v) is 5.29. The van der Waals surface area contributed by atoms with Crippen LogP contribution in [0.15, 0.2) is 66.7 Å². The number of nitrogens with one attached hydrogen (secondary N) is 1. The highest BCUT2D eigenvalue weighted by Gasteiger charge is 2.26. The molecule has 0 bridgehead atoms. The SMILES string of the molecule is CCOc1ccc(OCC(=O)Nc2ccc3c(c2)N(CCOc2ccc(C)cc2)C(=O)CO3)cc1. The van der Waals surface area contributed by atoms with Crippen LogP contribution in [0.3, 0.4) is 0 Å². The first kappa shape index (κ1) is 23.9. The van der Waals surface area contributed by atoms with E-state index in [1.807, 2.05) is 38.1 Å². The quantitative estimate of drug-likeness (QED) is 0.472. The smallest absolute Gasteiger partial charge is 0.265 e. The van der Waals surface area contributed by atoms with Crippen LogP contribution in [0, 0.1) is 6.92 Å². The number of carbonyl (C=O) groups excluding carboxylic acids is 2. The summed E-state index contributed by atoms with van der Waals surface area (Å²) in [6.45, 7) is 4.97.